The Morgan fingerprint density at radius 1 is 1.14 bits per heavy atom. The van der Waals surface area contributed by atoms with Crippen LogP contribution in [0.1, 0.15) is 21.7 Å². The number of carboxylic acids is 1. The Hall–Kier alpha value is -3.16. The van der Waals surface area contributed by atoms with Gasteiger partial charge in [0.25, 0.3) is 5.91 Å². The summed E-state index contributed by atoms with van der Waals surface area (Å²) in [5.74, 6) is -0.186. The molecular weight excluding hydrogens is 406 g/mol. The zero-order chi connectivity index (χ0) is 20.5. The molecule has 0 aliphatic carbocycles. The van der Waals surface area contributed by atoms with E-state index in [2.05, 4.69) is 0 Å². The maximum absolute atomic E-state index is 12.9. The number of carbonyl (C=O) groups excluding carboxylic acids is 1. The van der Waals surface area contributed by atoms with E-state index in [1.807, 2.05) is 31.2 Å². The zero-order valence-electron chi connectivity index (χ0n) is 15.3. The largest absolute Gasteiger partial charge is 0.478 e. The summed E-state index contributed by atoms with van der Waals surface area (Å²) in [6.45, 7) is 1.96. The molecule has 0 atom stereocenters. The number of benzene rings is 2. The number of rotatable bonds is 4. The molecule has 0 radical (unpaired) electrons. The molecule has 2 heterocycles. The Balaban J connectivity index is 1.61. The molecule has 1 fully saturated rings. The number of anilines is 1. The summed E-state index contributed by atoms with van der Waals surface area (Å²) in [5, 5.41) is 9.14. The van der Waals surface area contributed by atoms with Gasteiger partial charge in [0.15, 0.2) is 4.32 Å². The van der Waals surface area contributed by atoms with Gasteiger partial charge in [0.2, 0.25) is 0 Å². The molecule has 7 heteroatoms. The number of aryl methyl sites for hydroxylation is 1. The van der Waals surface area contributed by atoms with Gasteiger partial charge in [-0.3, -0.25) is 9.69 Å². The average Bonchev–Trinajstić information content (AvgIpc) is 3.26. The average molecular weight is 421 g/mol. The summed E-state index contributed by atoms with van der Waals surface area (Å²) in [6, 6.07) is 17.6. The fourth-order valence-corrected chi connectivity index (χ4v) is 4.26. The lowest BCUT2D eigenvalue weighted by atomic mass is 10.1. The molecule has 1 aliphatic heterocycles. The van der Waals surface area contributed by atoms with E-state index in [1.54, 1.807) is 36.4 Å². The number of carboxylic acid groups (broad SMARTS) is 1. The number of carbonyl (C=O) groups is 2. The van der Waals surface area contributed by atoms with Crippen LogP contribution in [0.15, 0.2) is 70.0 Å². The van der Waals surface area contributed by atoms with Crippen molar-refractivity contribution in [2.45, 2.75) is 6.92 Å². The molecule has 0 saturated carbocycles. The van der Waals surface area contributed by atoms with Gasteiger partial charge in [0.1, 0.15) is 11.5 Å². The first-order valence-corrected chi connectivity index (χ1v) is 9.93. The second kappa shape index (κ2) is 7.69. The van der Waals surface area contributed by atoms with Crippen molar-refractivity contribution >= 4 is 51.9 Å². The molecule has 1 amide bonds. The number of aromatic carboxylic acids is 1. The van der Waals surface area contributed by atoms with Crippen molar-refractivity contribution in [3.05, 3.63) is 82.5 Å². The van der Waals surface area contributed by atoms with Crippen LogP contribution < -0.4 is 4.90 Å². The van der Waals surface area contributed by atoms with Gasteiger partial charge in [-0.2, -0.15) is 0 Å². The minimum absolute atomic E-state index is 0.180. The van der Waals surface area contributed by atoms with Crippen molar-refractivity contribution in [3.63, 3.8) is 0 Å². The standard InChI is InChI=1S/C22H15NO4S2/c1-13-4-2-7-16(10-13)23-20(24)19(29-22(23)28)12-17-8-9-18(27-17)14-5-3-6-15(11-14)21(25)26/h2-12H,1H3,(H,25,26). The second-order valence-corrected chi connectivity index (χ2v) is 8.12. The van der Waals surface area contributed by atoms with E-state index in [-0.39, 0.29) is 11.5 Å². The highest BCUT2D eigenvalue weighted by molar-refractivity contribution is 8.27. The van der Waals surface area contributed by atoms with Gasteiger partial charge in [0, 0.05) is 11.6 Å². The minimum atomic E-state index is -1.00. The van der Waals surface area contributed by atoms with Gasteiger partial charge in [-0.05, 0) is 48.9 Å². The van der Waals surface area contributed by atoms with Gasteiger partial charge < -0.3 is 9.52 Å². The molecule has 1 aromatic heterocycles. The lowest BCUT2D eigenvalue weighted by Crippen LogP contribution is -2.27. The van der Waals surface area contributed by atoms with Crippen molar-refractivity contribution < 1.29 is 19.1 Å². The quantitative estimate of drug-likeness (QED) is 0.452. The lowest BCUT2D eigenvalue weighted by molar-refractivity contribution is -0.113. The van der Waals surface area contributed by atoms with Crippen molar-refractivity contribution in [2.24, 2.45) is 0 Å². The first-order valence-electron chi connectivity index (χ1n) is 8.70. The number of furan rings is 1. The monoisotopic (exact) mass is 421 g/mol. The topological polar surface area (TPSA) is 70.8 Å². The molecule has 29 heavy (non-hydrogen) atoms. The molecule has 3 aromatic rings. The third-order valence-electron chi connectivity index (χ3n) is 4.35. The zero-order valence-corrected chi connectivity index (χ0v) is 16.9. The van der Waals surface area contributed by atoms with Crippen molar-refractivity contribution in [1.82, 2.24) is 0 Å². The van der Waals surface area contributed by atoms with E-state index in [0.717, 1.165) is 11.3 Å². The predicted octanol–water partition coefficient (Wildman–Crippen LogP) is 5.36. The SMILES string of the molecule is Cc1cccc(N2C(=O)C(=Cc3ccc(-c4cccc(C(=O)O)c4)o3)SC2=S)c1. The van der Waals surface area contributed by atoms with Crippen LogP contribution in [0.4, 0.5) is 5.69 Å². The molecule has 2 aromatic carbocycles. The highest BCUT2D eigenvalue weighted by Gasteiger charge is 2.33. The molecular formula is C22H15NO4S2. The fraction of sp³-hybridized carbons (Fsp3) is 0.0455. The van der Waals surface area contributed by atoms with Crippen LogP contribution in [0.5, 0.6) is 0 Å². The maximum Gasteiger partial charge on any atom is 0.335 e. The second-order valence-electron chi connectivity index (χ2n) is 6.44. The Kier molecular flexibility index (Phi) is 5.08. The van der Waals surface area contributed by atoms with Gasteiger partial charge in [-0.25, -0.2) is 4.79 Å². The van der Waals surface area contributed by atoms with E-state index in [4.69, 9.17) is 21.7 Å². The molecule has 0 spiro atoms. The van der Waals surface area contributed by atoms with E-state index >= 15 is 0 Å². The van der Waals surface area contributed by atoms with Gasteiger partial charge in [-0.1, -0.05) is 48.2 Å². The Morgan fingerprint density at radius 2 is 1.93 bits per heavy atom. The number of hydrogen-bond donors (Lipinski definition) is 1. The van der Waals surface area contributed by atoms with Crippen LogP contribution >= 0.6 is 24.0 Å². The summed E-state index contributed by atoms with van der Waals surface area (Å²) in [4.78, 5) is 26.0. The van der Waals surface area contributed by atoms with E-state index in [9.17, 15) is 9.59 Å². The molecule has 5 nitrogen and oxygen atoms in total. The van der Waals surface area contributed by atoms with E-state index in [0.29, 0.717) is 26.3 Å². The Labute approximate surface area is 176 Å². The Morgan fingerprint density at radius 3 is 2.69 bits per heavy atom. The first kappa shape index (κ1) is 19.2. The maximum atomic E-state index is 12.9. The Bertz CT molecular complexity index is 1180. The molecule has 0 unspecified atom stereocenters. The van der Waals surface area contributed by atoms with Crippen molar-refractivity contribution in [1.29, 1.82) is 0 Å². The third kappa shape index (κ3) is 3.87. The lowest BCUT2D eigenvalue weighted by Gasteiger charge is -2.14. The van der Waals surface area contributed by atoms with Gasteiger partial charge >= 0.3 is 5.97 Å². The van der Waals surface area contributed by atoms with Crippen LogP contribution in [0, 0.1) is 6.92 Å². The summed E-state index contributed by atoms with van der Waals surface area (Å²) in [7, 11) is 0. The summed E-state index contributed by atoms with van der Waals surface area (Å²) in [6.07, 6.45) is 1.65. The fourth-order valence-electron chi connectivity index (χ4n) is 2.98. The highest BCUT2D eigenvalue weighted by Crippen LogP contribution is 2.36. The number of nitrogens with zero attached hydrogens (tertiary/aromatic N) is 1. The highest BCUT2D eigenvalue weighted by atomic mass is 32.2. The molecule has 1 N–H and O–H groups in total. The number of thioether (sulfide) groups is 1. The predicted molar refractivity (Wildman–Crippen MR) is 118 cm³/mol. The summed E-state index contributed by atoms with van der Waals surface area (Å²) < 4.78 is 6.28. The molecule has 4 rings (SSSR count). The molecule has 1 saturated heterocycles. The normalized spacial score (nSPS) is 15.3. The third-order valence-corrected chi connectivity index (χ3v) is 5.65. The van der Waals surface area contributed by atoms with Crippen LogP contribution in [-0.4, -0.2) is 21.3 Å². The molecule has 0 bridgehead atoms. The summed E-state index contributed by atoms with van der Waals surface area (Å²) >= 11 is 6.62. The van der Waals surface area contributed by atoms with Gasteiger partial charge in [0.05, 0.1) is 16.2 Å². The number of amides is 1. The smallest absolute Gasteiger partial charge is 0.335 e. The minimum Gasteiger partial charge on any atom is -0.478 e. The summed E-state index contributed by atoms with van der Waals surface area (Å²) in [5.41, 5.74) is 2.61. The molecule has 144 valence electrons. The van der Waals surface area contributed by atoms with Gasteiger partial charge in [-0.15, -0.1) is 0 Å². The first-order chi connectivity index (χ1) is 13.9. The van der Waals surface area contributed by atoms with E-state index < -0.39 is 5.97 Å². The van der Waals surface area contributed by atoms with Crippen LogP contribution in [0.3, 0.4) is 0 Å². The molecule has 1 aliphatic rings. The van der Waals surface area contributed by atoms with Crippen LogP contribution in [-0.2, 0) is 4.79 Å². The van der Waals surface area contributed by atoms with E-state index in [1.165, 1.54) is 22.7 Å². The van der Waals surface area contributed by atoms with Crippen LogP contribution in [0.2, 0.25) is 0 Å². The number of hydrogen-bond acceptors (Lipinski definition) is 5. The van der Waals surface area contributed by atoms with Crippen molar-refractivity contribution in [3.8, 4) is 11.3 Å². The van der Waals surface area contributed by atoms with Crippen molar-refractivity contribution in [2.75, 3.05) is 4.90 Å². The number of thiocarbonyl (C=S) groups is 1. The van der Waals surface area contributed by atoms with Crippen LogP contribution in [0.25, 0.3) is 17.4 Å².